The number of fused-ring (bicyclic) bond motifs is 1. The number of carbonyl (C=O) groups is 1. The number of methoxy groups -OCH3 is 1. The molecule has 33 heavy (non-hydrogen) atoms. The maximum Gasteiger partial charge on any atom is 0.387 e. The quantitative estimate of drug-likeness (QED) is 0.219. The average molecular weight is 474 g/mol. The summed E-state index contributed by atoms with van der Waals surface area (Å²) in [5, 5.41) is 4.37. The highest BCUT2D eigenvalue weighted by Crippen LogP contribution is 2.26. The smallest absolute Gasteiger partial charge is 0.387 e. The molecule has 6 nitrogen and oxygen atoms in total. The number of anilines is 2. The number of allylic oxidation sites excluding steroid dienone is 4. The lowest BCUT2D eigenvalue weighted by molar-refractivity contribution is -0.0920. The van der Waals surface area contributed by atoms with E-state index < -0.39 is 12.6 Å². The van der Waals surface area contributed by atoms with E-state index in [0.717, 1.165) is 16.5 Å². The molecule has 0 fully saturated rings. The summed E-state index contributed by atoms with van der Waals surface area (Å²) >= 11 is 5.96. The normalized spacial score (nSPS) is 12.2. The van der Waals surface area contributed by atoms with E-state index in [1.54, 1.807) is 0 Å². The molecular formula is C24H22ClF2N3O3. The Morgan fingerprint density at radius 1 is 1.33 bits per heavy atom. The van der Waals surface area contributed by atoms with Crippen molar-refractivity contribution < 1.29 is 23.0 Å². The molecule has 3 aromatic rings. The molecule has 0 amide bonds. The van der Waals surface area contributed by atoms with Crippen molar-refractivity contribution in [3.05, 3.63) is 89.5 Å². The lowest BCUT2D eigenvalue weighted by Gasteiger charge is -2.11. The number of halogens is 3. The van der Waals surface area contributed by atoms with Crippen LogP contribution >= 0.6 is 11.6 Å². The van der Waals surface area contributed by atoms with E-state index in [2.05, 4.69) is 21.6 Å². The largest absolute Gasteiger partial charge is 0.465 e. The molecule has 172 valence electrons. The third-order valence-electron chi connectivity index (χ3n) is 4.77. The van der Waals surface area contributed by atoms with Gasteiger partial charge in [0.15, 0.2) is 0 Å². The van der Waals surface area contributed by atoms with Crippen molar-refractivity contribution in [1.82, 2.24) is 9.55 Å². The van der Waals surface area contributed by atoms with Crippen molar-refractivity contribution in [1.29, 1.82) is 0 Å². The number of benzene rings is 1. The summed E-state index contributed by atoms with van der Waals surface area (Å²) in [7, 11) is 1.29. The fourth-order valence-corrected chi connectivity index (χ4v) is 3.36. The molecule has 0 spiro atoms. The Balaban J connectivity index is 1.85. The van der Waals surface area contributed by atoms with E-state index in [1.165, 1.54) is 31.5 Å². The molecule has 0 unspecified atom stereocenters. The van der Waals surface area contributed by atoms with Gasteiger partial charge in [-0.25, -0.2) is 9.78 Å². The van der Waals surface area contributed by atoms with Crippen LogP contribution in [0.3, 0.4) is 0 Å². The monoisotopic (exact) mass is 473 g/mol. The van der Waals surface area contributed by atoms with Gasteiger partial charge in [-0.3, -0.25) is 0 Å². The predicted octanol–water partition coefficient (Wildman–Crippen LogP) is 6.48. The lowest BCUT2D eigenvalue weighted by atomic mass is 10.2. The number of nitrogens with one attached hydrogen (secondary N) is 1. The number of nitrogens with zero attached hydrogens (tertiary/aromatic N) is 2. The maximum absolute atomic E-state index is 12.5. The summed E-state index contributed by atoms with van der Waals surface area (Å²) in [5.74, 6) is -0.235. The molecule has 0 atom stereocenters. The first-order valence-corrected chi connectivity index (χ1v) is 10.3. The molecule has 0 bridgehead atoms. The Kier molecular flexibility index (Phi) is 7.84. The number of ether oxygens (including phenoxy) is 2. The van der Waals surface area contributed by atoms with Crippen molar-refractivity contribution in [2.75, 3.05) is 12.4 Å². The number of pyridine rings is 1. The highest BCUT2D eigenvalue weighted by Gasteiger charge is 2.15. The van der Waals surface area contributed by atoms with Crippen LogP contribution in [0.25, 0.3) is 10.9 Å². The zero-order chi connectivity index (χ0) is 24.0. The average Bonchev–Trinajstić information content (AvgIpc) is 3.20. The van der Waals surface area contributed by atoms with E-state index in [0.29, 0.717) is 23.1 Å². The summed E-state index contributed by atoms with van der Waals surface area (Å²) in [6, 6.07) is 9.07. The van der Waals surface area contributed by atoms with Crippen LogP contribution in [-0.2, 0) is 16.0 Å². The van der Waals surface area contributed by atoms with E-state index >= 15 is 0 Å². The standard InChI is InChI=1S/C24H22ClF2N3O3/c1-4-15(10-19(5-2)33-24(26)27)14-30-9-8-16-11-18(6-7-21(16)30)29-22-20(23(31)32-3)12-17(25)13-28-22/h4-13,24H,2,14H2,1,3H3,(H,28,29)/b15-4+,19-10+. The highest BCUT2D eigenvalue weighted by molar-refractivity contribution is 6.30. The molecule has 0 aliphatic carbocycles. The SMILES string of the molecule is C=C/C(=C\C(=C/C)Cn1ccc2cc(Nc3ncc(Cl)cc3C(=O)OC)ccc21)OC(F)F. The van der Waals surface area contributed by atoms with Crippen LogP contribution in [0.2, 0.25) is 5.02 Å². The van der Waals surface area contributed by atoms with Gasteiger partial charge in [0.05, 0.1) is 12.1 Å². The van der Waals surface area contributed by atoms with Gasteiger partial charge in [0, 0.05) is 35.5 Å². The minimum absolute atomic E-state index is 0.00192. The van der Waals surface area contributed by atoms with E-state index in [4.69, 9.17) is 16.3 Å². The molecule has 2 aromatic heterocycles. The number of carbonyl (C=O) groups excluding carboxylic acids is 1. The summed E-state index contributed by atoms with van der Waals surface area (Å²) in [6.07, 6.45) is 7.93. The zero-order valence-electron chi connectivity index (χ0n) is 18.0. The van der Waals surface area contributed by atoms with Crippen molar-refractivity contribution in [3.8, 4) is 0 Å². The summed E-state index contributed by atoms with van der Waals surface area (Å²) in [4.78, 5) is 16.2. The molecule has 0 saturated heterocycles. The number of esters is 1. The van der Waals surface area contributed by atoms with Gasteiger partial charge in [0.25, 0.3) is 0 Å². The van der Waals surface area contributed by atoms with Gasteiger partial charge < -0.3 is 19.4 Å². The van der Waals surface area contributed by atoms with Gasteiger partial charge in [0.1, 0.15) is 17.1 Å². The Labute approximate surface area is 194 Å². The number of hydrogen-bond donors (Lipinski definition) is 1. The van der Waals surface area contributed by atoms with Crippen LogP contribution < -0.4 is 5.32 Å². The predicted molar refractivity (Wildman–Crippen MR) is 125 cm³/mol. The summed E-state index contributed by atoms with van der Waals surface area (Å²) in [6.45, 7) is 2.86. The molecule has 1 N–H and O–H groups in total. The Morgan fingerprint density at radius 2 is 2.12 bits per heavy atom. The first-order valence-electron chi connectivity index (χ1n) is 9.88. The minimum Gasteiger partial charge on any atom is -0.465 e. The first kappa shape index (κ1) is 24.0. The fourth-order valence-electron chi connectivity index (χ4n) is 3.20. The third-order valence-corrected chi connectivity index (χ3v) is 4.98. The summed E-state index contributed by atoms with van der Waals surface area (Å²) in [5.41, 5.74) is 2.64. The van der Waals surface area contributed by atoms with Crippen molar-refractivity contribution in [2.45, 2.75) is 20.1 Å². The van der Waals surface area contributed by atoms with Gasteiger partial charge in [-0.05, 0) is 55.0 Å². The second-order valence-corrected chi connectivity index (χ2v) is 7.31. The number of alkyl halides is 2. The van der Waals surface area contributed by atoms with Crippen LogP contribution in [0.4, 0.5) is 20.3 Å². The van der Waals surface area contributed by atoms with Gasteiger partial charge in [-0.15, -0.1) is 0 Å². The lowest BCUT2D eigenvalue weighted by Crippen LogP contribution is -2.07. The zero-order valence-corrected chi connectivity index (χ0v) is 18.8. The molecule has 3 rings (SSSR count). The van der Waals surface area contributed by atoms with Crippen molar-refractivity contribution >= 4 is 40.0 Å². The van der Waals surface area contributed by atoms with Crippen LogP contribution in [0.1, 0.15) is 17.3 Å². The number of aromatic nitrogens is 2. The molecule has 0 aliphatic heterocycles. The van der Waals surface area contributed by atoms with Gasteiger partial charge >= 0.3 is 12.6 Å². The molecule has 0 radical (unpaired) electrons. The second kappa shape index (κ2) is 10.8. The molecule has 2 heterocycles. The maximum atomic E-state index is 12.5. The Morgan fingerprint density at radius 3 is 2.79 bits per heavy atom. The highest BCUT2D eigenvalue weighted by atomic mass is 35.5. The van der Waals surface area contributed by atoms with E-state index in [-0.39, 0.29) is 11.3 Å². The van der Waals surface area contributed by atoms with E-state index in [9.17, 15) is 13.6 Å². The molecule has 9 heteroatoms. The van der Waals surface area contributed by atoms with Gasteiger partial charge in [0.2, 0.25) is 0 Å². The van der Waals surface area contributed by atoms with Gasteiger partial charge in [-0.1, -0.05) is 24.3 Å². The van der Waals surface area contributed by atoms with Crippen molar-refractivity contribution in [3.63, 3.8) is 0 Å². The van der Waals surface area contributed by atoms with Crippen LogP contribution in [0.5, 0.6) is 0 Å². The van der Waals surface area contributed by atoms with Gasteiger partial charge in [-0.2, -0.15) is 8.78 Å². The number of hydrogen-bond acceptors (Lipinski definition) is 5. The molecular weight excluding hydrogens is 452 g/mol. The minimum atomic E-state index is -2.92. The van der Waals surface area contributed by atoms with E-state index in [1.807, 2.05) is 48.0 Å². The van der Waals surface area contributed by atoms with Crippen molar-refractivity contribution in [2.24, 2.45) is 0 Å². The second-order valence-electron chi connectivity index (χ2n) is 6.88. The Bertz CT molecular complexity index is 1230. The third kappa shape index (κ3) is 5.98. The summed E-state index contributed by atoms with van der Waals surface area (Å²) < 4.78 is 36.3. The molecule has 1 aromatic carbocycles. The first-order chi connectivity index (χ1) is 15.8. The topological polar surface area (TPSA) is 65.4 Å². The molecule has 0 saturated carbocycles. The van der Waals surface area contributed by atoms with Crippen LogP contribution in [0.15, 0.2) is 78.9 Å². The Hall–Kier alpha value is -3.65. The number of rotatable bonds is 9. The van der Waals surface area contributed by atoms with Crippen LogP contribution in [-0.4, -0.2) is 29.2 Å². The fraction of sp³-hybridized carbons (Fsp3) is 0.167. The molecule has 0 aliphatic rings. The van der Waals surface area contributed by atoms with Crippen LogP contribution in [0, 0.1) is 0 Å².